The number of aryl methyl sites for hydroxylation is 2. The lowest BCUT2D eigenvalue weighted by molar-refractivity contribution is -0.158. The number of rotatable bonds is 3. The number of ether oxygens (including phenoxy) is 1. The molecular weight excluding hydrogens is 385 g/mol. The molecule has 1 amide bonds. The Morgan fingerprint density at radius 2 is 1.86 bits per heavy atom. The molecule has 0 unspecified atom stereocenters. The smallest absolute Gasteiger partial charge is 0.418 e. The van der Waals surface area contributed by atoms with Crippen molar-refractivity contribution in [3.63, 3.8) is 0 Å². The van der Waals surface area contributed by atoms with Crippen LogP contribution in [-0.4, -0.2) is 46.2 Å². The molecule has 1 N–H and O–H groups in total. The number of carbonyl (C=O) groups excluding carboxylic acids is 1. The number of carbonyl (C=O) groups is 1. The molecule has 3 aliphatic rings. The molecule has 5 nitrogen and oxygen atoms in total. The van der Waals surface area contributed by atoms with Crippen molar-refractivity contribution in [2.75, 3.05) is 13.1 Å². The largest absolute Gasteiger partial charge is 0.474 e. The number of hydrogen-bond donors (Lipinski definition) is 1. The summed E-state index contributed by atoms with van der Waals surface area (Å²) < 4.78 is 45.0. The number of nitrogens with zero attached hydrogens (tertiary/aromatic N) is 2. The van der Waals surface area contributed by atoms with Crippen LogP contribution in [0.1, 0.15) is 55.3 Å². The highest BCUT2D eigenvalue weighted by atomic mass is 19.4. The van der Waals surface area contributed by atoms with Gasteiger partial charge >= 0.3 is 6.18 Å². The van der Waals surface area contributed by atoms with Crippen LogP contribution in [0.4, 0.5) is 13.2 Å². The fraction of sp³-hybridized carbons (Fsp3) is 0.714. The summed E-state index contributed by atoms with van der Waals surface area (Å²) in [6.45, 7) is 4.48. The highest BCUT2D eigenvalue weighted by Crippen LogP contribution is 2.46. The molecule has 29 heavy (non-hydrogen) atoms. The van der Waals surface area contributed by atoms with Gasteiger partial charge in [-0.25, -0.2) is 4.98 Å². The molecule has 1 aromatic heterocycles. The normalized spacial score (nSPS) is 26.8. The number of aliphatic hydroxyl groups excluding tert-OH is 1. The van der Waals surface area contributed by atoms with Crippen molar-refractivity contribution in [2.24, 2.45) is 11.3 Å². The predicted molar refractivity (Wildman–Crippen MR) is 99.3 cm³/mol. The Morgan fingerprint density at radius 1 is 1.24 bits per heavy atom. The number of amides is 1. The van der Waals surface area contributed by atoms with E-state index in [1.807, 2.05) is 4.90 Å². The summed E-state index contributed by atoms with van der Waals surface area (Å²) in [5.41, 5.74) is -0.245. The Hall–Kier alpha value is -1.83. The second-order valence-electron chi connectivity index (χ2n) is 9.07. The van der Waals surface area contributed by atoms with E-state index in [4.69, 9.17) is 4.74 Å². The van der Waals surface area contributed by atoms with Crippen molar-refractivity contribution in [3.05, 3.63) is 22.9 Å². The van der Waals surface area contributed by atoms with Gasteiger partial charge in [-0.1, -0.05) is 0 Å². The molecule has 1 spiro atoms. The number of aliphatic hydroxyl groups is 1. The second-order valence-corrected chi connectivity index (χ2v) is 9.07. The molecule has 2 saturated carbocycles. The molecule has 0 aromatic carbocycles. The molecule has 160 valence electrons. The number of hydrogen-bond acceptors (Lipinski definition) is 4. The molecule has 3 fully saturated rings. The lowest BCUT2D eigenvalue weighted by Crippen LogP contribution is -2.62. The van der Waals surface area contributed by atoms with Crippen molar-refractivity contribution in [3.8, 4) is 5.88 Å². The second kappa shape index (κ2) is 7.15. The van der Waals surface area contributed by atoms with Gasteiger partial charge in [-0.05, 0) is 58.4 Å². The standard InChI is InChI=1S/C21H27F3N2O3/c1-12-7-17(21(22,23)24)13(2)25-18(12)29-16-3-5-20(6-4-16)10-26(11-20)19(28)14-8-15(27)9-14/h7,14-16,27H,3-6,8-11H2,1-2H3/t14-,15+. The van der Waals surface area contributed by atoms with E-state index in [9.17, 15) is 23.1 Å². The van der Waals surface area contributed by atoms with E-state index < -0.39 is 11.7 Å². The maximum atomic E-state index is 13.0. The first kappa shape index (κ1) is 20.4. The molecule has 2 aliphatic carbocycles. The van der Waals surface area contributed by atoms with Gasteiger partial charge in [0.15, 0.2) is 0 Å². The fourth-order valence-corrected chi connectivity index (χ4v) is 4.85. The van der Waals surface area contributed by atoms with E-state index >= 15 is 0 Å². The molecule has 0 radical (unpaired) electrons. The molecule has 1 aromatic rings. The van der Waals surface area contributed by atoms with Gasteiger partial charge in [0.2, 0.25) is 11.8 Å². The monoisotopic (exact) mass is 412 g/mol. The molecule has 8 heteroatoms. The van der Waals surface area contributed by atoms with Crippen LogP contribution in [0, 0.1) is 25.2 Å². The van der Waals surface area contributed by atoms with Crippen LogP contribution in [0.3, 0.4) is 0 Å². The van der Waals surface area contributed by atoms with E-state index in [1.54, 1.807) is 6.92 Å². The number of pyridine rings is 1. The highest BCUT2D eigenvalue weighted by molar-refractivity contribution is 5.80. The average Bonchev–Trinajstić information content (AvgIpc) is 2.59. The third kappa shape index (κ3) is 3.96. The lowest BCUT2D eigenvalue weighted by atomic mass is 9.67. The van der Waals surface area contributed by atoms with E-state index in [0.717, 1.165) is 44.8 Å². The SMILES string of the molecule is Cc1cc(C(F)(F)F)c(C)nc1OC1CCC2(CC1)CN(C(=O)[C@H]1C[C@@H](O)C1)C2. The average molecular weight is 412 g/mol. The molecular formula is C21H27F3N2O3. The van der Waals surface area contributed by atoms with Crippen LogP contribution in [0.5, 0.6) is 5.88 Å². The van der Waals surface area contributed by atoms with E-state index in [2.05, 4.69) is 4.98 Å². The van der Waals surface area contributed by atoms with Crippen LogP contribution in [0.25, 0.3) is 0 Å². The predicted octanol–water partition coefficient (Wildman–Crippen LogP) is 3.64. The van der Waals surface area contributed by atoms with Gasteiger partial charge in [0.05, 0.1) is 17.4 Å². The summed E-state index contributed by atoms with van der Waals surface area (Å²) in [6, 6.07) is 1.11. The van der Waals surface area contributed by atoms with Gasteiger partial charge < -0.3 is 14.7 Å². The zero-order chi connectivity index (χ0) is 21.0. The fourth-order valence-electron chi connectivity index (χ4n) is 4.85. The summed E-state index contributed by atoms with van der Waals surface area (Å²) >= 11 is 0. The van der Waals surface area contributed by atoms with Gasteiger partial charge in [0, 0.05) is 30.0 Å². The van der Waals surface area contributed by atoms with E-state index in [-0.39, 0.29) is 41.0 Å². The minimum atomic E-state index is -4.41. The zero-order valence-corrected chi connectivity index (χ0v) is 16.8. The Labute approximate surface area is 168 Å². The zero-order valence-electron chi connectivity index (χ0n) is 16.8. The molecule has 0 bridgehead atoms. The topological polar surface area (TPSA) is 62.7 Å². The van der Waals surface area contributed by atoms with Gasteiger partial charge in [-0.2, -0.15) is 13.2 Å². The Kier molecular flexibility index (Phi) is 5.04. The van der Waals surface area contributed by atoms with Crippen molar-refractivity contribution < 1.29 is 27.8 Å². The summed E-state index contributed by atoms with van der Waals surface area (Å²) in [6.07, 6.45) is -0.138. The summed E-state index contributed by atoms with van der Waals surface area (Å²) in [4.78, 5) is 18.3. The Bertz CT molecular complexity index is 789. The number of likely N-dealkylation sites (tertiary alicyclic amines) is 1. The molecule has 1 saturated heterocycles. The van der Waals surface area contributed by atoms with Crippen LogP contribution in [-0.2, 0) is 11.0 Å². The maximum Gasteiger partial charge on any atom is 0.418 e. The molecule has 4 rings (SSSR count). The van der Waals surface area contributed by atoms with Crippen molar-refractivity contribution in [1.29, 1.82) is 0 Å². The van der Waals surface area contributed by atoms with E-state index in [0.29, 0.717) is 18.4 Å². The van der Waals surface area contributed by atoms with Crippen molar-refractivity contribution in [1.82, 2.24) is 9.88 Å². The number of alkyl halides is 3. The first-order valence-electron chi connectivity index (χ1n) is 10.3. The van der Waals surface area contributed by atoms with Crippen LogP contribution >= 0.6 is 0 Å². The van der Waals surface area contributed by atoms with Crippen LogP contribution in [0.15, 0.2) is 6.07 Å². The summed E-state index contributed by atoms with van der Waals surface area (Å²) in [7, 11) is 0. The van der Waals surface area contributed by atoms with Crippen molar-refractivity contribution in [2.45, 2.75) is 70.8 Å². The van der Waals surface area contributed by atoms with Crippen molar-refractivity contribution >= 4 is 5.91 Å². The lowest BCUT2D eigenvalue weighted by Gasteiger charge is -2.54. The van der Waals surface area contributed by atoms with Gasteiger partial charge in [-0.15, -0.1) is 0 Å². The van der Waals surface area contributed by atoms with Crippen LogP contribution < -0.4 is 4.74 Å². The van der Waals surface area contributed by atoms with Crippen LogP contribution in [0.2, 0.25) is 0 Å². The first-order chi connectivity index (χ1) is 13.6. The maximum absolute atomic E-state index is 13.0. The number of halogens is 3. The molecule has 0 atom stereocenters. The summed E-state index contributed by atoms with van der Waals surface area (Å²) in [5, 5.41) is 9.38. The third-order valence-electron chi connectivity index (χ3n) is 6.76. The number of aromatic nitrogens is 1. The Balaban J connectivity index is 1.30. The van der Waals surface area contributed by atoms with Gasteiger partial charge in [0.1, 0.15) is 6.10 Å². The Morgan fingerprint density at radius 3 is 2.41 bits per heavy atom. The minimum absolute atomic E-state index is 0.0148. The first-order valence-corrected chi connectivity index (χ1v) is 10.3. The highest BCUT2D eigenvalue weighted by Gasteiger charge is 2.49. The summed E-state index contributed by atoms with van der Waals surface area (Å²) in [5.74, 6) is 0.434. The molecule has 1 aliphatic heterocycles. The third-order valence-corrected chi connectivity index (χ3v) is 6.76. The minimum Gasteiger partial charge on any atom is -0.474 e. The van der Waals surface area contributed by atoms with Gasteiger partial charge in [-0.3, -0.25) is 4.79 Å². The quantitative estimate of drug-likeness (QED) is 0.824. The van der Waals surface area contributed by atoms with Gasteiger partial charge in [0.25, 0.3) is 0 Å². The van der Waals surface area contributed by atoms with E-state index in [1.165, 1.54) is 6.92 Å². The molecule has 2 heterocycles.